The molecule has 1 aromatic heterocycles. The Kier molecular flexibility index (Phi) is 5.37. The van der Waals surface area contributed by atoms with Gasteiger partial charge in [-0.15, -0.1) is 11.3 Å². The highest BCUT2D eigenvalue weighted by molar-refractivity contribution is 7.12. The second-order valence-electron chi connectivity index (χ2n) is 6.31. The average Bonchev–Trinajstić information content (AvgIpc) is 3.32. The molecule has 7 heteroatoms. The lowest BCUT2D eigenvalue weighted by atomic mass is 10.0. The Balaban J connectivity index is 1.72. The molecule has 1 fully saturated rings. The molecular formula is C19H20N2O4S. The number of benzene rings is 1. The molecule has 0 radical (unpaired) electrons. The molecule has 1 aliphatic heterocycles. The van der Waals surface area contributed by atoms with Gasteiger partial charge in [-0.3, -0.25) is 14.4 Å². The van der Waals surface area contributed by atoms with Crippen LogP contribution in [-0.4, -0.2) is 40.4 Å². The van der Waals surface area contributed by atoms with Gasteiger partial charge in [0.25, 0.3) is 5.91 Å². The Bertz CT molecular complexity index is 819. The maximum atomic E-state index is 12.7. The Labute approximate surface area is 155 Å². The van der Waals surface area contributed by atoms with E-state index in [1.54, 1.807) is 42.2 Å². The van der Waals surface area contributed by atoms with E-state index in [0.717, 1.165) is 6.42 Å². The van der Waals surface area contributed by atoms with Gasteiger partial charge in [0.05, 0.1) is 10.8 Å². The van der Waals surface area contributed by atoms with E-state index in [4.69, 9.17) is 5.11 Å². The fourth-order valence-corrected chi connectivity index (χ4v) is 3.76. The van der Waals surface area contributed by atoms with Crippen LogP contribution in [0.1, 0.15) is 40.9 Å². The topological polar surface area (TPSA) is 86.7 Å². The third-order valence-electron chi connectivity index (χ3n) is 4.57. The Morgan fingerprint density at radius 3 is 2.77 bits per heavy atom. The van der Waals surface area contributed by atoms with Gasteiger partial charge in [0.1, 0.15) is 6.04 Å². The first-order valence-electron chi connectivity index (χ1n) is 8.45. The number of carboxylic acids is 1. The molecule has 0 bridgehead atoms. The van der Waals surface area contributed by atoms with Gasteiger partial charge in [-0.2, -0.15) is 0 Å². The quantitative estimate of drug-likeness (QED) is 0.844. The molecule has 2 heterocycles. The van der Waals surface area contributed by atoms with Crippen LogP contribution >= 0.6 is 11.3 Å². The van der Waals surface area contributed by atoms with Crippen LogP contribution < -0.4 is 5.32 Å². The van der Waals surface area contributed by atoms with Gasteiger partial charge in [0.15, 0.2) is 0 Å². The smallest absolute Gasteiger partial charge is 0.310 e. The van der Waals surface area contributed by atoms with Gasteiger partial charge in [-0.05, 0) is 48.9 Å². The lowest BCUT2D eigenvalue weighted by molar-refractivity contribution is -0.138. The molecule has 1 aliphatic rings. The average molecular weight is 372 g/mol. The van der Waals surface area contributed by atoms with Gasteiger partial charge >= 0.3 is 5.97 Å². The number of hydrogen-bond donors (Lipinski definition) is 2. The number of rotatable bonds is 5. The highest BCUT2D eigenvalue weighted by atomic mass is 32.1. The predicted octanol–water partition coefficient (Wildman–Crippen LogP) is 3.18. The number of thiophene rings is 1. The van der Waals surface area contributed by atoms with Gasteiger partial charge in [0.2, 0.25) is 5.91 Å². The lowest BCUT2D eigenvalue weighted by Gasteiger charge is -2.23. The molecule has 0 spiro atoms. The standard InChI is InChI=1S/C19H20N2O4S/c1-12(19(24)25)13-5-2-6-14(11-13)20-17(22)15-7-3-9-21(15)18(23)16-8-4-10-26-16/h2,4-6,8,10-12,15H,3,7,9H2,1H3,(H,20,22)(H,24,25). The molecule has 3 rings (SSSR count). The first-order valence-corrected chi connectivity index (χ1v) is 9.33. The number of aliphatic carboxylic acids is 1. The van der Waals surface area contributed by atoms with E-state index in [0.29, 0.717) is 29.1 Å². The van der Waals surface area contributed by atoms with Crippen LogP contribution in [0.2, 0.25) is 0 Å². The minimum absolute atomic E-state index is 0.120. The minimum atomic E-state index is -0.919. The summed E-state index contributed by atoms with van der Waals surface area (Å²) in [4.78, 5) is 38.7. The summed E-state index contributed by atoms with van der Waals surface area (Å²) in [5, 5.41) is 13.8. The van der Waals surface area contributed by atoms with Crippen LogP contribution in [0.15, 0.2) is 41.8 Å². The fraction of sp³-hybridized carbons (Fsp3) is 0.316. The van der Waals surface area contributed by atoms with Crippen molar-refractivity contribution in [2.24, 2.45) is 0 Å². The number of carbonyl (C=O) groups is 3. The van der Waals surface area contributed by atoms with E-state index >= 15 is 0 Å². The molecule has 0 saturated carbocycles. The first kappa shape index (κ1) is 18.1. The molecule has 2 amide bonds. The van der Waals surface area contributed by atoms with Crippen molar-refractivity contribution in [3.05, 3.63) is 52.2 Å². The summed E-state index contributed by atoms with van der Waals surface area (Å²) in [6.07, 6.45) is 1.40. The van der Waals surface area contributed by atoms with E-state index < -0.39 is 17.9 Å². The molecular weight excluding hydrogens is 352 g/mol. The molecule has 2 atom stereocenters. The van der Waals surface area contributed by atoms with Crippen molar-refractivity contribution in [3.8, 4) is 0 Å². The highest BCUT2D eigenvalue weighted by Crippen LogP contribution is 2.24. The van der Waals surface area contributed by atoms with Crippen molar-refractivity contribution in [2.75, 3.05) is 11.9 Å². The number of carboxylic acid groups (broad SMARTS) is 1. The van der Waals surface area contributed by atoms with Crippen LogP contribution in [0, 0.1) is 0 Å². The van der Waals surface area contributed by atoms with Gasteiger partial charge in [0, 0.05) is 12.2 Å². The second kappa shape index (κ2) is 7.70. The van der Waals surface area contributed by atoms with Gasteiger partial charge in [-0.1, -0.05) is 18.2 Å². The number of anilines is 1. The van der Waals surface area contributed by atoms with Crippen LogP contribution in [0.3, 0.4) is 0 Å². The van der Waals surface area contributed by atoms with Crippen LogP contribution in [0.5, 0.6) is 0 Å². The Morgan fingerprint density at radius 2 is 2.08 bits per heavy atom. The number of nitrogens with zero attached hydrogens (tertiary/aromatic N) is 1. The monoisotopic (exact) mass is 372 g/mol. The third kappa shape index (κ3) is 3.77. The summed E-state index contributed by atoms with van der Waals surface area (Å²) < 4.78 is 0. The van der Waals surface area contributed by atoms with E-state index in [-0.39, 0.29) is 11.8 Å². The minimum Gasteiger partial charge on any atom is -0.481 e. The summed E-state index contributed by atoms with van der Waals surface area (Å²) >= 11 is 1.36. The summed E-state index contributed by atoms with van der Waals surface area (Å²) in [7, 11) is 0. The zero-order chi connectivity index (χ0) is 18.7. The van der Waals surface area contributed by atoms with Gasteiger partial charge < -0.3 is 15.3 Å². The molecule has 6 nitrogen and oxygen atoms in total. The van der Waals surface area contributed by atoms with Gasteiger partial charge in [-0.25, -0.2) is 0 Å². The zero-order valence-electron chi connectivity index (χ0n) is 14.3. The lowest BCUT2D eigenvalue weighted by Crippen LogP contribution is -2.42. The highest BCUT2D eigenvalue weighted by Gasteiger charge is 2.35. The van der Waals surface area contributed by atoms with Crippen molar-refractivity contribution < 1.29 is 19.5 Å². The summed E-state index contributed by atoms with van der Waals surface area (Å²) in [5.41, 5.74) is 1.16. The molecule has 136 valence electrons. The number of likely N-dealkylation sites (tertiary alicyclic amines) is 1. The number of hydrogen-bond acceptors (Lipinski definition) is 4. The number of nitrogens with one attached hydrogen (secondary N) is 1. The Morgan fingerprint density at radius 1 is 1.27 bits per heavy atom. The zero-order valence-corrected chi connectivity index (χ0v) is 15.2. The summed E-state index contributed by atoms with van der Waals surface area (Å²) in [6, 6.07) is 9.89. The van der Waals surface area contributed by atoms with Crippen molar-refractivity contribution >= 4 is 34.8 Å². The van der Waals surface area contributed by atoms with Crippen molar-refractivity contribution in [1.82, 2.24) is 4.90 Å². The largest absolute Gasteiger partial charge is 0.481 e. The number of carbonyl (C=O) groups excluding carboxylic acids is 2. The maximum absolute atomic E-state index is 12.7. The normalized spacial score (nSPS) is 17.7. The van der Waals surface area contributed by atoms with Crippen molar-refractivity contribution in [3.63, 3.8) is 0 Å². The Hall–Kier alpha value is -2.67. The van der Waals surface area contributed by atoms with E-state index in [1.165, 1.54) is 11.3 Å². The molecule has 2 N–H and O–H groups in total. The molecule has 2 aromatic rings. The number of amides is 2. The molecule has 2 unspecified atom stereocenters. The first-order chi connectivity index (χ1) is 12.5. The molecule has 0 aliphatic carbocycles. The fourth-order valence-electron chi connectivity index (χ4n) is 3.08. The molecule has 1 aromatic carbocycles. The van der Waals surface area contributed by atoms with Crippen LogP contribution in [0.25, 0.3) is 0 Å². The predicted molar refractivity (Wildman–Crippen MR) is 99.5 cm³/mol. The van der Waals surface area contributed by atoms with E-state index in [2.05, 4.69) is 5.32 Å². The molecule has 26 heavy (non-hydrogen) atoms. The molecule has 1 saturated heterocycles. The second-order valence-corrected chi connectivity index (χ2v) is 7.26. The van der Waals surface area contributed by atoms with Crippen molar-refractivity contribution in [2.45, 2.75) is 31.7 Å². The van der Waals surface area contributed by atoms with Crippen molar-refractivity contribution in [1.29, 1.82) is 0 Å². The van der Waals surface area contributed by atoms with Crippen LogP contribution in [-0.2, 0) is 9.59 Å². The summed E-state index contributed by atoms with van der Waals surface area (Å²) in [6.45, 7) is 2.16. The SMILES string of the molecule is CC(C(=O)O)c1cccc(NC(=O)C2CCCN2C(=O)c2cccs2)c1. The van der Waals surface area contributed by atoms with Crippen LogP contribution in [0.4, 0.5) is 5.69 Å². The van der Waals surface area contributed by atoms with E-state index in [1.807, 2.05) is 11.4 Å². The summed E-state index contributed by atoms with van der Waals surface area (Å²) in [5.74, 6) is -1.94. The van der Waals surface area contributed by atoms with E-state index in [9.17, 15) is 14.4 Å². The maximum Gasteiger partial charge on any atom is 0.310 e. The third-order valence-corrected chi connectivity index (χ3v) is 5.43.